The first kappa shape index (κ1) is 32.1. The number of hydrogen-bond acceptors (Lipinski definition) is 3. The summed E-state index contributed by atoms with van der Waals surface area (Å²) in [6.45, 7) is 5.03. The van der Waals surface area contributed by atoms with Crippen LogP contribution in [-0.2, 0) is 31.9 Å². The summed E-state index contributed by atoms with van der Waals surface area (Å²) >= 11 is 0. The van der Waals surface area contributed by atoms with Crippen molar-refractivity contribution in [1.82, 2.24) is 14.5 Å². The largest absolute Gasteiger partial charge is 0.507 e. The molecule has 0 aliphatic carbocycles. The van der Waals surface area contributed by atoms with Crippen LogP contribution in [0.15, 0.2) is 121 Å². The first-order valence-corrected chi connectivity index (χ1v) is 21.3. The molecule has 6 aromatic carbocycles. The summed E-state index contributed by atoms with van der Waals surface area (Å²) in [6, 6.07) is 37.6. The van der Waals surface area contributed by atoms with Crippen LogP contribution in [0.4, 0.5) is 0 Å². The van der Waals surface area contributed by atoms with Crippen LogP contribution in [0.1, 0.15) is 138 Å². The second-order valence-electron chi connectivity index (χ2n) is 18.4. The van der Waals surface area contributed by atoms with Gasteiger partial charge in [-0.2, -0.15) is 0 Å². The number of nitrogens with zero attached hydrogens (tertiary/aromatic N) is 3. The smallest absolute Gasteiger partial charge is 0.148 e. The minimum absolute atomic E-state index is 0. The molecule has 64 heavy (non-hydrogen) atoms. The zero-order valence-electron chi connectivity index (χ0n) is 50.7. The molecule has 0 spiro atoms. The SMILES string of the molecule is [2H]C([2H])([2H])c1cc(-c2cc(C(C)C)cc(C([2H])(C)C)c2)ccc1-n1c(-c2cc(C)cc(C)c2O)nc2c(-c3[c-]c(-c4cc(-c5ccc(C(C([2H])([2H])[2H])(C([2H])([2H])[2H])C([2H])([2H])[2H])cc5)ccn4)cc(C(C)(C)C)c3)cccc21.[Pt]. The normalized spacial score (nSPS) is 16.0. The average molecular weight is 1040 g/mol. The summed E-state index contributed by atoms with van der Waals surface area (Å²) < 4.78 is 111. The third kappa shape index (κ3) is 9.18. The topological polar surface area (TPSA) is 50.9 Å². The van der Waals surface area contributed by atoms with Crippen molar-refractivity contribution in [3.8, 4) is 67.5 Å². The third-order valence-electron chi connectivity index (χ3n) is 11.9. The number of phenols is 1. The van der Waals surface area contributed by atoms with E-state index in [9.17, 15) is 5.11 Å². The second-order valence-corrected chi connectivity index (χ2v) is 18.4. The summed E-state index contributed by atoms with van der Waals surface area (Å²) in [7, 11) is 0. The molecule has 2 aromatic heterocycles. The van der Waals surface area contributed by atoms with E-state index in [-0.39, 0.29) is 43.9 Å². The Morgan fingerprint density at radius 2 is 1.38 bits per heavy atom. The molecule has 0 radical (unpaired) electrons. The number of benzene rings is 6. The fraction of sp³-hybridized carbons (Fsp3) is 0.288. The van der Waals surface area contributed by atoms with E-state index in [1.807, 2.05) is 99.0 Å². The number of para-hydroxylation sites is 1. The molecule has 0 fully saturated rings. The van der Waals surface area contributed by atoms with Crippen LogP contribution in [0.2, 0.25) is 0 Å². The molecular formula is C59H62N3OPt-. The number of hydrogen-bond donors (Lipinski definition) is 1. The fourth-order valence-corrected chi connectivity index (χ4v) is 8.18. The summed E-state index contributed by atoms with van der Waals surface area (Å²) in [4.78, 5) is 10.1. The van der Waals surface area contributed by atoms with Gasteiger partial charge in [0.2, 0.25) is 0 Å². The maximum absolute atomic E-state index is 11.8. The zero-order chi connectivity index (χ0) is 56.0. The zero-order valence-corrected chi connectivity index (χ0v) is 40.0. The van der Waals surface area contributed by atoms with Crippen molar-refractivity contribution in [2.75, 3.05) is 0 Å². The molecule has 0 saturated heterocycles. The van der Waals surface area contributed by atoms with Gasteiger partial charge in [-0.3, -0.25) is 9.55 Å². The quantitative estimate of drug-likeness (QED) is 0.154. The Morgan fingerprint density at radius 1 is 0.672 bits per heavy atom. The minimum Gasteiger partial charge on any atom is -0.507 e. The molecule has 0 aliphatic heterocycles. The van der Waals surface area contributed by atoms with E-state index >= 15 is 0 Å². The van der Waals surface area contributed by atoms with E-state index in [0.29, 0.717) is 72.7 Å². The van der Waals surface area contributed by atoms with E-state index in [1.165, 1.54) is 24.3 Å². The molecule has 1 N–H and O–H groups in total. The van der Waals surface area contributed by atoms with Crippen LogP contribution in [0.5, 0.6) is 5.75 Å². The molecule has 8 rings (SSSR count). The van der Waals surface area contributed by atoms with Crippen LogP contribution >= 0.6 is 0 Å². The van der Waals surface area contributed by atoms with Gasteiger partial charge in [0, 0.05) is 50.8 Å². The van der Waals surface area contributed by atoms with Gasteiger partial charge in [0.05, 0.1) is 22.3 Å². The molecule has 0 bridgehead atoms. The number of imidazole rings is 1. The Morgan fingerprint density at radius 3 is 2.06 bits per heavy atom. The summed E-state index contributed by atoms with van der Waals surface area (Å²) in [5, 5.41) is 11.8. The van der Waals surface area contributed by atoms with Crippen LogP contribution < -0.4 is 0 Å². The van der Waals surface area contributed by atoms with Gasteiger partial charge in [0.1, 0.15) is 11.6 Å². The number of aromatic nitrogens is 3. The van der Waals surface area contributed by atoms with Gasteiger partial charge in [-0.25, -0.2) is 4.98 Å². The number of pyridine rings is 1. The van der Waals surface area contributed by atoms with Crippen molar-refractivity contribution in [2.45, 2.75) is 112 Å². The maximum atomic E-state index is 11.8. The molecule has 0 amide bonds. The van der Waals surface area contributed by atoms with Crippen LogP contribution in [0.3, 0.4) is 0 Å². The van der Waals surface area contributed by atoms with Crippen molar-refractivity contribution in [1.29, 1.82) is 0 Å². The maximum Gasteiger partial charge on any atom is 0.148 e. The van der Waals surface area contributed by atoms with Crippen LogP contribution in [0.25, 0.3) is 72.7 Å². The molecule has 8 aromatic rings. The third-order valence-corrected chi connectivity index (χ3v) is 11.9. The monoisotopic (exact) mass is 1040 g/mol. The Hall–Kier alpha value is -5.57. The van der Waals surface area contributed by atoms with Crippen LogP contribution in [0, 0.1) is 26.8 Å². The predicted molar refractivity (Wildman–Crippen MR) is 266 cm³/mol. The van der Waals surface area contributed by atoms with Crippen molar-refractivity contribution in [2.24, 2.45) is 0 Å². The number of aromatic hydroxyl groups is 1. The number of aryl methyl sites for hydroxylation is 3. The van der Waals surface area contributed by atoms with Crippen molar-refractivity contribution in [3.05, 3.63) is 166 Å². The molecule has 2 heterocycles. The van der Waals surface area contributed by atoms with Gasteiger partial charge in [-0.05, 0) is 129 Å². The van der Waals surface area contributed by atoms with Gasteiger partial charge in [0.25, 0.3) is 0 Å². The first-order chi connectivity index (χ1) is 35.0. The Bertz CT molecular complexity index is 3480. The minimum atomic E-state index is -3.40. The predicted octanol–water partition coefficient (Wildman–Crippen LogP) is 16.0. The summed E-state index contributed by atoms with van der Waals surface area (Å²) in [5.74, 6) is -0.420. The van der Waals surface area contributed by atoms with E-state index in [4.69, 9.17) is 27.8 Å². The second kappa shape index (κ2) is 17.8. The average Bonchev–Trinajstić information content (AvgIpc) is 3.70. The standard InChI is InChI=1S/C59H62N3O.Pt/c1-35(2)43-28-44(36(3)4)30-45(29-43)41-19-22-53(38(6)27-41)62-54-16-14-15-50(55(54)61-57(62)51-26-37(5)25-39(7)56(51)63)46-31-47(33-49(32-46)59(11,12)13)52-34-42(23-24-60-52)40-17-20-48(21-18-40)58(8,9)10;/h14-30,32-36,63H,1-13H3;/q-1;/i6D3,8D3,9D3,10D3,35D;. The first-order valence-electron chi connectivity index (χ1n) is 27.8. The Labute approximate surface area is 414 Å². The number of phenolic OH excluding ortho intramolecular Hbond substituents is 1. The van der Waals surface area contributed by atoms with E-state index in [1.54, 1.807) is 24.4 Å². The van der Waals surface area contributed by atoms with E-state index < -0.39 is 44.1 Å². The molecule has 0 aliphatic rings. The van der Waals surface area contributed by atoms with Crippen LogP contribution in [-0.4, -0.2) is 19.6 Å². The molecular weight excluding hydrogens is 962 g/mol. The molecule has 0 unspecified atom stereocenters. The van der Waals surface area contributed by atoms with Gasteiger partial charge in [-0.1, -0.05) is 153 Å². The Balaban J connectivity index is 0.00000861. The van der Waals surface area contributed by atoms with Gasteiger partial charge >= 0.3 is 0 Å². The molecule has 0 atom stereocenters. The fourth-order valence-electron chi connectivity index (χ4n) is 8.18. The summed E-state index contributed by atoms with van der Waals surface area (Å²) in [6.07, 6.45) is 1.61. The van der Waals surface area contributed by atoms with E-state index in [2.05, 4.69) is 46.8 Å². The van der Waals surface area contributed by atoms with Crippen molar-refractivity contribution in [3.63, 3.8) is 0 Å². The van der Waals surface area contributed by atoms with Gasteiger partial charge in [0.15, 0.2) is 0 Å². The number of fused-ring (bicyclic) bond motifs is 1. The van der Waals surface area contributed by atoms with Gasteiger partial charge < -0.3 is 5.11 Å². The Kier molecular flexibility index (Phi) is 8.93. The van der Waals surface area contributed by atoms with Crippen molar-refractivity contribution >= 4 is 11.0 Å². The van der Waals surface area contributed by atoms with E-state index in [0.717, 1.165) is 27.8 Å². The summed E-state index contributed by atoms with van der Waals surface area (Å²) in [5.41, 5.74) is 7.44. The van der Waals surface area contributed by atoms with Gasteiger partial charge in [-0.15, -0.1) is 29.3 Å². The molecule has 4 nitrogen and oxygen atoms in total. The molecule has 330 valence electrons. The van der Waals surface area contributed by atoms with Crippen molar-refractivity contribution < 1.29 is 44.0 Å². The molecule has 5 heteroatoms. The molecule has 0 saturated carbocycles. The number of rotatable bonds is 8.